The number of hydrogen-bond donors (Lipinski definition) is 2. The molecule has 0 bridgehead atoms. The first-order valence-corrected chi connectivity index (χ1v) is 13.0. The predicted octanol–water partition coefficient (Wildman–Crippen LogP) is 5.46. The Hall–Kier alpha value is -2.95. The molecule has 1 aliphatic rings. The highest BCUT2D eigenvalue weighted by Crippen LogP contribution is 2.17. The van der Waals surface area contributed by atoms with Gasteiger partial charge in [-0.05, 0) is 68.2 Å². The second-order valence-corrected chi connectivity index (χ2v) is 9.52. The van der Waals surface area contributed by atoms with Crippen LogP contribution in [-0.4, -0.2) is 30.6 Å². The molecule has 4 heteroatoms. The fourth-order valence-electron chi connectivity index (χ4n) is 4.87. The second kappa shape index (κ2) is 13.8. The van der Waals surface area contributed by atoms with Crippen LogP contribution in [-0.2, 0) is 29.0 Å². The normalized spacial score (nSPS) is 17.5. The summed E-state index contributed by atoms with van der Waals surface area (Å²) in [6.07, 6.45) is 6.93. The number of amides is 1. The maximum atomic E-state index is 13.3. The van der Waals surface area contributed by atoms with Crippen molar-refractivity contribution in [3.8, 4) is 0 Å². The quantitative estimate of drug-likeness (QED) is 0.349. The van der Waals surface area contributed by atoms with Crippen LogP contribution in [0.3, 0.4) is 0 Å². The van der Waals surface area contributed by atoms with E-state index in [1.807, 2.05) is 18.2 Å². The molecular formula is C31H38N2O2. The highest BCUT2D eigenvalue weighted by molar-refractivity contribution is 5.83. The number of carbonyl (C=O) groups is 1. The first-order valence-electron chi connectivity index (χ1n) is 13.0. The van der Waals surface area contributed by atoms with E-state index in [2.05, 4.69) is 83.4 Å². The van der Waals surface area contributed by atoms with Gasteiger partial charge in [-0.3, -0.25) is 4.79 Å². The van der Waals surface area contributed by atoms with Crippen molar-refractivity contribution in [2.24, 2.45) is 0 Å². The van der Waals surface area contributed by atoms with E-state index in [4.69, 9.17) is 4.74 Å². The minimum Gasteiger partial charge on any atom is -0.371 e. The molecule has 0 aromatic heterocycles. The molecule has 1 heterocycles. The molecule has 1 fully saturated rings. The van der Waals surface area contributed by atoms with Crippen LogP contribution >= 0.6 is 0 Å². The summed E-state index contributed by atoms with van der Waals surface area (Å²) in [4.78, 5) is 13.3. The molecule has 2 N–H and O–H groups in total. The van der Waals surface area contributed by atoms with E-state index in [1.54, 1.807) is 0 Å². The SMILES string of the molecule is O=C(NC(CCCc1ccccc1)CCCc1ccccc1)[C@H]1NCC[C@H]1OCc1ccccc1. The van der Waals surface area contributed by atoms with E-state index in [1.165, 1.54) is 11.1 Å². The molecule has 3 aromatic carbocycles. The number of ether oxygens (including phenoxy) is 1. The summed E-state index contributed by atoms with van der Waals surface area (Å²) >= 11 is 0. The van der Waals surface area contributed by atoms with Crippen molar-refractivity contribution in [3.63, 3.8) is 0 Å². The van der Waals surface area contributed by atoms with Crippen molar-refractivity contribution in [1.82, 2.24) is 10.6 Å². The number of benzene rings is 3. The van der Waals surface area contributed by atoms with Crippen molar-refractivity contribution in [2.45, 2.75) is 69.7 Å². The van der Waals surface area contributed by atoms with Gasteiger partial charge in [0.25, 0.3) is 0 Å². The highest BCUT2D eigenvalue weighted by Gasteiger charge is 2.34. The number of hydrogen-bond acceptors (Lipinski definition) is 3. The van der Waals surface area contributed by atoms with Crippen LogP contribution in [0.25, 0.3) is 0 Å². The molecule has 1 aliphatic heterocycles. The molecule has 0 aliphatic carbocycles. The smallest absolute Gasteiger partial charge is 0.240 e. The van der Waals surface area contributed by atoms with Gasteiger partial charge in [-0.15, -0.1) is 0 Å². The lowest BCUT2D eigenvalue weighted by Gasteiger charge is -2.24. The van der Waals surface area contributed by atoms with Gasteiger partial charge in [0.05, 0.1) is 12.7 Å². The van der Waals surface area contributed by atoms with Crippen molar-refractivity contribution < 1.29 is 9.53 Å². The lowest BCUT2D eigenvalue weighted by atomic mass is 9.98. The average Bonchev–Trinajstić information content (AvgIpc) is 3.38. The van der Waals surface area contributed by atoms with E-state index in [9.17, 15) is 4.79 Å². The molecule has 1 saturated heterocycles. The van der Waals surface area contributed by atoms with Crippen LogP contribution in [0, 0.1) is 0 Å². The molecule has 4 nitrogen and oxygen atoms in total. The molecule has 3 aromatic rings. The molecule has 4 rings (SSSR count). The molecule has 0 saturated carbocycles. The molecule has 35 heavy (non-hydrogen) atoms. The van der Waals surface area contributed by atoms with E-state index in [0.717, 1.165) is 57.1 Å². The van der Waals surface area contributed by atoms with Gasteiger partial charge in [-0.1, -0.05) is 91.0 Å². The molecule has 0 unspecified atom stereocenters. The zero-order chi connectivity index (χ0) is 24.1. The molecule has 0 radical (unpaired) electrons. The Balaban J connectivity index is 1.30. The fraction of sp³-hybridized carbons (Fsp3) is 0.387. The van der Waals surface area contributed by atoms with Gasteiger partial charge in [0.2, 0.25) is 5.91 Å². The monoisotopic (exact) mass is 470 g/mol. The van der Waals surface area contributed by atoms with Gasteiger partial charge in [-0.2, -0.15) is 0 Å². The lowest BCUT2D eigenvalue weighted by Crippen LogP contribution is -2.49. The van der Waals surface area contributed by atoms with E-state index in [0.29, 0.717) is 6.61 Å². The number of nitrogens with one attached hydrogen (secondary N) is 2. The van der Waals surface area contributed by atoms with Crippen LogP contribution in [0.1, 0.15) is 48.8 Å². The summed E-state index contributed by atoms with van der Waals surface area (Å²) in [5.74, 6) is 0.0741. The van der Waals surface area contributed by atoms with Crippen LogP contribution in [0.2, 0.25) is 0 Å². The van der Waals surface area contributed by atoms with Crippen molar-refractivity contribution in [3.05, 3.63) is 108 Å². The molecule has 184 valence electrons. The van der Waals surface area contributed by atoms with Crippen LogP contribution in [0.15, 0.2) is 91.0 Å². The first kappa shape index (κ1) is 25.2. The highest BCUT2D eigenvalue weighted by atomic mass is 16.5. The summed E-state index contributed by atoms with van der Waals surface area (Å²) in [6, 6.07) is 31.3. The summed E-state index contributed by atoms with van der Waals surface area (Å²) in [6.45, 7) is 1.35. The third kappa shape index (κ3) is 8.34. The van der Waals surface area contributed by atoms with Crippen molar-refractivity contribution in [1.29, 1.82) is 0 Å². The Morgan fingerprint density at radius 2 is 1.31 bits per heavy atom. The summed E-state index contributed by atoms with van der Waals surface area (Å²) in [5.41, 5.74) is 3.85. The first-order chi connectivity index (χ1) is 17.3. The Morgan fingerprint density at radius 3 is 1.86 bits per heavy atom. The summed E-state index contributed by atoms with van der Waals surface area (Å²) in [7, 11) is 0. The van der Waals surface area contributed by atoms with Crippen molar-refractivity contribution >= 4 is 5.91 Å². The zero-order valence-electron chi connectivity index (χ0n) is 20.6. The second-order valence-electron chi connectivity index (χ2n) is 9.52. The Morgan fingerprint density at radius 1 is 0.800 bits per heavy atom. The lowest BCUT2D eigenvalue weighted by molar-refractivity contribution is -0.127. The topological polar surface area (TPSA) is 50.4 Å². The van der Waals surface area contributed by atoms with Crippen LogP contribution < -0.4 is 10.6 Å². The van der Waals surface area contributed by atoms with Gasteiger partial charge in [0.15, 0.2) is 0 Å². The van der Waals surface area contributed by atoms with E-state index in [-0.39, 0.29) is 24.1 Å². The Labute approximate surface area is 210 Å². The number of aryl methyl sites for hydroxylation is 2. The van der Waals surface area contributed by atoms with Gasteiger partial charge >= 0.3 is 0 Å². The van der Waals surface area contributed by atoms with Gasteiger partial charge in [0, 0.05) is 6.04 Å². The van der Waals surface area contributed by atoms with Crippen LogP contribution in [0.5, 0.6) is 0 Å². The largest absolute Gasteiger partial charge is 0.371 e. The fourth-order valence-corrected chi connectivity index (χ4v) is 4.87. The molecule has 2 atom stereocenters. The zero-order valence-corrected chi connectivity index (χ0v) is 20.6. The summed E-state index contributed by atoms with van der Waals surface area (Å²) < 4.78 is 6.16. The van der Waals surface area contributed by atoms with E-state index >= 15 is 0 Å². The number of carbonyl (C=O) groups excluding carboxylic acids is 1. The Bertz CT molecular complexity index is 949. The van der Waals surface area contributed by atoms with E-state index < -0.39 is 0 Å². The standard InChI is InChI=1S/C31H38N2O2/c34-31(30-29(22-23-32-30)35-24-27-16-8-3-9-17-27)33-28(20-10-18-25-12-4-1-5-13-25)21-11-19-26-14-6-2-7-15-26/h1-9,12-17,28-30,32H,10-11,18-24H2,(H,33,34)/t29-,30+/m1/s1. The predicted molar refractivity (Wildman–Crippen MR) is 142 cm³/mol. The van der Waals surface area contributed by atoms with Crippen LogP contribution in [0.4, 0.5) is 0 Å². The van der Waals surface area contributed by atoms with Gasteiger partial charge < -0.3 is 15.4 Å². The number of rotatable bonds is 13. The van der Waals surface area contributed by atoms with Gasteiger partial charge in [-0.25, -0.2) is 0 Å². The maximum Gasteiger partial charge on any atom is 0.240 e. The molecule has 0 spiro atoms. The molecular weight excluding hydrogens is 432 g/mol. The summed E-state index contributed by atoms with van der Waals surface area (Å²) in [5, 5.41) is 6.75. The van der Waals surface area contributed by atoms with Gasteiger partial charge in [0.1, 0.15) is 6.04 Å². The minimum absolute atomic E-state index is 0.0741. The Kier molecular flexibility index (Phi) is 9.93. The minimum atomic E-state index is -0.288. The third-order valence-electron chi connectivity index (χ3n) is 6.82. The maximum absolute atomic E-state index is 13.3. The molecule has 1 amide bonds. The third-order valence-corrected chi connectivity index (χ3v) is 6.82. The average molecular weight is 471 g/mol. The van der Waals surface area contributed by atoms with Crippen molar-refractivity contribution in [2.75, 3.05) is 6.54 Å².